The fourth-order valence-electron chi connectivity index (χ4n) is 1.14. The van der Waals surface area contributed by atoms with Crippen molar-refractivity contribution >= 4 is 5.97 Å². The van der Waals surface area contributed by atoms with E-state index in [1.54, 1.807) is 12.1 Å². The second kappa shape index (κ2) is 5.82. The standard InChI is InChI=1S/C14H19O3/c1-5-11-6-8-12(9-7-11)13(15)17-16-10-14(2,3)4/h6-10H,5H2,1-4H3. The molecule has 0 aliphatic rings. The van der Waals surface area contributed by atoms with E-state index in [9.17, 15) is 4.79 Å². The third kappa shape index (κ3) is 5.00. The van der Waals surface area contributed by atoms with Crippen molar-refractivity contribution in [1.29, 1.82) is 0 Å². The van der Waals surface area contributed by atoms with Crippen LogP contribution in [-0.4, -0.2) is 5.97 Å². The molecule has 1 radical (unpaired) electrons. The first-order chi connectivity index (χ1) is 7.92. The zero-order chi connectivity index (χ0) is 12.9. The van der Waals surface area contributed by atoms with Crippen LogP contribution in [0.2, 0.25) is 0 Å². The number of hydrogen-bond acceptors (Lipinski definition) is 3. The van der Waals surface area contributed by atoms with Gasteiger partial charge in [0.2, 0.25) is 0 Å². The second-order valence-electron chi connectivity index (χ2n) is 5.00. The van der Waals surface area contributed by atoms with Crippen LogP contribution in [0.4, 0.5) is 0 Å². The Balaban J connectivity index is 2.47. The molecule has 1 aromatic rings. The van der Waals surface area contributed by atoms with E-state index in [1.807, 2.05) is 32.9 Å². The fourth-order valence-corrected chi connectivity index (χ4v) is 1.14. The first-order valence-electron chi connectivity index (χ1n) is 5.73. The normalized spacial score (nSPS) is 11.3. The van der Waals surface area contributed by atoms with Crippen LogP contribution in [0.1, 0.15) is 43.6 Å². The number of aryl methyl sites for hydroxylation is 1. The van der Waals surface area contributed by atoms with Gasteiger partial charge in [0.15, 0.2) is 0 Å². The molecule has 1 aromatic carbocycles. The molecular formula is C14H19O3. The highest BCUT2D eigenvalue weighted by atomic mass is 17.2. The molecule has 3 heteroatoms. The summed E-state index contributed by atoms with van der Waals surface area (Å²) in [5.41, 5.74) is 1.53. The van der Waals surface area contributed by atoms with Crippen LogP contribution in [0.3, 0.4) is 0 Å². The van der Waals surface area contributed by atoms with E-state index in [-0.39, 0.29) is 5.41 Å². The maximum Gasteiger partial charge on any atom is 0.373 e. The van der Waals surface area contributed by atoms with Gasteiger partial charge in [-0.25, -0.2) is 4.79 Å². The molecule has 0 heterocycles. The number of benzene rings is 1. The lowest BCUT2D eigenvalue weighted by molar-refractivity contribution is -0.224. The van der Waals surface area contributed by atoms with Gasteiger partial charge in [-0.15, -0.1) is 0 Å². The highest BCUT2D eigenvalue weighted by Crippen LogP contribution is 2.18. The van der Waals surface area contributed by atoms with E-state index in [0.29, 0.717) is 5.56 Å². The van der Waals surface area contributed by atoms with Gasteiger partial charge in [-0.1, -0.05) is 39.8 Å². The minimum absolute atomic E-state index is 0.146. The molecule has 0 aliphatic heterocycles. The quantitative estimate of drug-likeness (QED) is 0.591. The summed E-state index contributed by atoms with van der Waals surface area (Å²) in [4.78, 5) is 21.0. The van der Waals surface area contributed by atoms with Crippen LogP contribution >= 0.6 is 0 Å². The molecule has 0 amide bonds. The molecule has 1 rings (SSSR count). The Morgan fingerprint density at radius 1 is 1.24 bits per heavy atom. The Kier molecular flexibility index (Phi) is 4.70. The van der Waals surface area contributed by atoms with Gasteiger partial charge in [-0.2, -0.15) is 4.89 Å². The molecule has 0 aromatic heterocycles. The van der Waals surface area contributed by atoms with Gasteiger partial charge in [0.1, 0.15) is 6.61 Å². The minimum atomic E-state index is -0.479. The molecule has 0 saturated carbocycles. The smallest absolute Gasteiger partial charge is 0.292 e. The molecule has 93 valence electrons. The summed E-state index contributed by atoms with van der Waals surface area (Å²) in [6, 6.07) is 7.29. The molecule has 0 fully saturated rings. The van der Waals surface area contributed by atoms with E-state index < -0.39 is 5.97 Å². The van der Waals surface area contributed by atoms with Gasteiger partial charge in [0, 0.05) is 0 Å². The monoisotopic (exact) mass is 235 g/mol. The van der Waals surface area contributed by atoms with Crippen molar-refractivity contribution in [3.63, 3.8) is 0 Å². The van der Waals surface area contributed by atoms with Crippen molar-refractivity contribution in [2.24, 2.45) is 5.41 Å². The summed E-state index contributed by atoms with van der Waals surface area (Å²) < 4.78 is 0. The Labute approximate surface area is 103 Å². The van der Waals surface area contributed by atoms with E-state index in [4.69, 9.17) is 4.89 Å². The molecular weight excluding hydrogens is 216 g/mol. The van der Waals surface area contributed by atoms with E-state index in [2.05, 4.69) is 11.8 Å². The molecule has 0 aliphatic carbocycles. The van der Waals surface area contributed by atoms with Gasteiger partial charge in [-0.3, -0.25) is 4.89 Å². The van der Waals surface area contributed by atoms with Crippen molar-refractivity contribution in [2.75, 3.05) is 0 Å². The summed E-state index contributed by atoms with van der Waals surface area (Å²) in [6.07, 6.45) is 0.948. The molecule has 0 atom stereocenters. The first-order valence-corrected chi connectivity index (χ1v) is 5.73. The van der Waals surface area contributed by atoms with Crippen molar-refractivity contribution < 1.29 is 14.6 Å². The van der Waals surface area contributed by atoms with Gasteiger partial charge in [0.05, 0.1) is 5.56 Å². The zero-order valence-electron chi connectivity index (χ0n) is 10.8. The van der Waals surface area contributed by atoms with Gasteiger partial charge in [0.25, 0.3) is 0 Å². The molecule has 0 N–H and O–H groups in total. The van der Waals surface area contributed by atoms with Gasteiger partial charge < -0.3 is 0 Å². The number of rotatable bonds is 4. The van der Waals surface area contributed by atoms with Crippen LogP contribution in [0.25, 0.3) is 0 Å². The third-order valence-corrected chi connectivity index (χ3v) is 2.12. The number of carbonyl (C=O) groups is 1. The minimum Gasteiger partial charge on any atom is -0.292 e. The fraction of sp³-hybridized carbons (Fsp3) is 0.429. The Bertz CT molecular complexity index is 360. The summed E-state index contributed by atoms with van der Waals surface area (Å²) in [5, 5.41) is 0. The summed E-state index contributed by atoms with van der Waals surface area (Å²) in [6.45, 7) is 9.42. The molecule has 0 spiro atoms. The summed E-state index contributed by atoms with van der Waals surface area (Å²) >= 11 is 0. The predicted octanol–water partition coefficient (Wildman–Crippen LogP) is 3.55. The maximum atomic E-state index is 11.6. The predicted molar refractivity (Wildman–Crippen MR) is 66.1 cm³/mol. The maximum absolute atomic E-state index is 11.6. The van der Waals surface area contributed by atoms with Crippen LogP contribution in [0, 0.1) is 12.0 Å². The van der Waals surface area contributed by atoms with Crippen molar-refractivity contribution in [3.8, 4) is 0 Å². The van der Waals surface area contributed by atoms with Gasteiger partial charge in [-0.05, 0) is 29.5 Å². The van der Waals surface area contributed by atoms with Crippen LogP contribution in [0.5, 0.6) is 0 Å². The van der Waals surface area contributed by atoms with Crippen molar-refractivity contribution in [2.45, 2.75) is 34.1 Å². The summed E-state index contributed by atoms with van der Waals surface area (Å²) in [7, 11) is 0. The second-order valence-corrected chi connectivity index (χ2v) is 5.00. The lowest BCUT2D eigenvalue weighted by Crippen LogP contribution is -2.12. The highest BCUT2D eigenvalue weighted by Gasteiger charge is 2.14. The SMILES string of the molecule is CCc1ccc(C(=O)OO[CH]C(C)(C)C)cc1. The Morgan fingerprint density at radius 2 is 1.82 bits per heavy atom. The van der Waals surface area contributed by atoms with Gasteiger partial charge >= 0.3 is 5.97 Å². The Hall–Kier alpha value is -1.35. The summed E-state index contributed by atoms with van der Waals surface area (Å²) in [5.74, 6) is -0.479. The number of hydrogen-bond donors (Lipinski definition) is 0. The first kappa shape index (κ1) is 13.7. The molecule has 3 nitrogen and oxygen atoms in total. The zero-order valence-corrected chi connectivity index (χ0v) is 10.8. The topological polar surface area (TPSA) is 35.5 Å². The van der Waals surface area contributed by atoms with Crippen LogP contribution in [-0.2, 0) is 16.2 Å². The molecule has 17 heavy (non-hydrogen) atoms. The van der Waals surface area contributed by atoms with E-state index in [0.717, 1.165) is 6.42 Å². The largest absolute Gasteiger partial charge is 0.373 e. The van der Waals surface area contributed by atoms with Crippen molar-refractivity contribution in [1.82, 2.24) is 0 Å². The van der Waals surface area contributed by atoms with Crippen LogP contribution in [0.15, 0.2) is 24.3 Å². The average Bonchev–Trinajstić information content (AvgIpc) is 2.27. The molecule has 0 unspecified atom stereocenters. The van der Waals surface area contributed by atoms with Crippen molar-refractivity contribution in [3.05, 3.63) is 42.0 Å². The third-order valence-electron chi connectivity index (χ3n) is 2.12. The lowest BCUT2D eigenvalue weighted by atomic mass is 9.99. The molecule has 0 saturated heterocycles. The van der Waals surface area contributed by atoms with E-state index >= 15 is 0 Å². The average molecular weight is 235 g/mol. The number of carbonyl (C=O) groups excluding carboxylic acids is 1. The lowest BCUT2D eigenvalue weighted by Gasteiger charge is -2.15. The van der Waals surface area contributed by atoms with E-state index in [1.165, 1.54) is 12.2 Å². The highest BCUT2D eigenvalue weighted by molar-refractivity contribution is 5.88. The molecule has 0 bridgehead atoms. The van der Waals surface area contributed by atoms with Crippen LogP contribution < -0.4 is 0 Å². The Morgan fingerprint density at radius 3 is 2.29 bits per heavy atom.